The molecule has 0 heterocycles. The van der Waals surface area contributed by atoms with Gasteiger partial charge in [0.25, 0.3) is 0 Å². The van der Waals surface area contributed by atoms with E-state index in [0.717, 1.165) is 6.54 Å². The Morgan fingerprint density at radius 2 is 1.33 bits per heavy atom. The average molecular weight is 247 g/mol. The summed E-state index contributed by atoms with van der Waals surface area (Å²) in [5.41, 5.74) is 3.00. The fourth-order valence-corrected chi connectivity index (χ4v) is 2.24. The first kappa shape index (κ1) is 15.2. The van der Waals surface area contributed by atoms with Gasteiger partial charge in [0.2, 0.25) is 0 Å². The number of nitrogens with one attached hydrogen (secondary N) is 1. The third kappa shape index (κ3) is 6.80. The van der Waals surface area contributed by atoms with Gasteiger partial charge in [0.15, 0.2) is 0 Å². The summed E-state index contributed by atoms with van der Waals surface area (Å²) in [7, 11) is 2.03. The Hall–Kier alpha value is -0.820. The minimum absolute atomic E-state index is 1.16. The quantitative estimate of drug-likeness (QED) is 0.606. The molecule has 0 spiro atoms. The van der Waals surface area contributed by atoms with Gasteiger partial charge in [-0.25, -0.2) is 0 Å². The number of hydrogen-bond acceptors (Lipinski definition) is 1. The second kappa shape index (κ2) is 10.1. The maximum Gasteiger partial charge on any atom is -0.00519 e. The van der Waals surface area contributed by atoms with Gasteiger partial charge in [0.05, 0.1) is 0 Å². The summed E-state index contributed by atoms with van der Waals surface area (Å²) in [5, 5.41) is 3.20. The molecule has 0 aliphatic rings. The third-order valence-electron chi connectivity index (χ3n) is 3.48. The maximum atomic E-state index is 3.20. The van der Waals surface area contributed by atoms with Gasteiger partial charge in [-0.3, -0.25) is 0 Å². The Bertz CT molecular complexity index is 289. The van der Waals surface area contributed by atoms with Crippen LogP contribution in [0.2, 0.25) is 0 Å². The molecule has 1 heteroatoms. The van der Waals surface area contributed by atoms with E-state index in [1.807, 2.05) is 7.05 Å². The molecule has 0 saturated heterocycles. The monoisotopic (exact) mass is 247 g/mol. The zero-order valence-electron chi connectivity index (χ0n) is 12.2. The smallest absolute Gasteiger partial charge is 0.00519 e. The molecular formula is C17H29N. The van der Waals surface area contributed by atoms with Crippen LogP contribution in [0.15, 0.2) is 24.3 Å². The molecule has 18 heavy (non-hydrogen) atoms. The Morgan fingerprint density at radius 3 is 1.89 bits per heavy atom. The molecule has 0 amide bonds. The minimum atomic E-state index is 1.16. The van der Waals surface area contributed by atoms with Crippen molar-refractivity contribution in [3.63, 3.8) is 0 Å². The summed E-state index contributed by atoms with van der Waals surface area (Å²) in [4.78, 5) is 0. The van der Waals surface area contributed by atoms with Crippen LogP contribution in [0.4, 0.5) is 0 Å². The lowest BCUT2D eigenvalue weighted by Crippen LogP contribution is -2.06. The van der Waals surface area contributed by atoms with Crippen LogP contribution in [0, 0.1) is 0 Å². The number of hydrogen-bond donors (Lipinski definition) is 1. The molecule has 0 bridgehead atoms. The molecule has 102 valence electrons. The molecule has 1 rings (SSSR count). The van der Waals surface area contributed by atoms with E-state index in [2.05, 4.69) is 36.5 Å². The summed E-state index contributed by atoms with van der Waals surface area (Å²) >= 11 is 0. The lowest BCUT2D eigenvalue weighted by atomic mass is 10.0. The maximum absolute atomic E-state index is 3.20. The van der Waals surface area contributed by atoms with Crippen LogP contribution < -0.4 is 5.32 Å². The summed E-state index contributed by atoms with van der Waals surface area (Å²) in [6.45, 7) is 3.41. The molecule has 0 unspecified atom stereocenters. The van der Waals surface area contributed by atoms with Crippen molar-refractivity contribution in [3.8, 4) is 0 Å². The summed E-state index contributed by atoms with van der Waals surface area (Å²) in [6.07, 6.45) is 10.4. The van der Waals surface area contributed by atoms with Gasteiger partial charge in [-0.15, -0.1) is 0 Å². The van der Waals surface area contributed by atoms with Crippen LogP contribution >= 0.6 is 0 Å². The highest BCUT2D eigenvalue weighted by molar-refractivity contribution is 5.22. The molecule has 0 atom stereocenters. The molecule has 0 fully saturated rings. The first-order valence-corrected chi connectivity index (χ1v) is 7.59. The molecule has 1 N–H and O–H groups in total. The number of unbranched alkanes of at least 4 members (excludes halogenated alkanes) is 4. The number of benzene rings is 1. The molecule has 0 aliphatic heterocycles. The predicted molar refractivity (Wildman–Crippen MR) is 81.2 cm³/mol. The fraction of sp³-hybridized carbons (Fsp3) is 0.647. The Balaban J connectivity index is 2.14. The Labute approximate surface area is 113 Å². The number of rotatable bonds is 10. The van der Waals surface area contributed by atoms with Crippen molar-refractivity contribution in [1.29, 1.82) is 0 Å². The van der Waals surface area contributed by atoms with E-state index >= 15 is 0 Å². The standard InChI is InChI=1S/C17H29N/c1-3-4-9-16-11-13-17(14-12-16)10-7-5-6-8-15-18-2/h11-14,18H,3-10,15H2,1-2H3. The molecule has 1 aromatic carbocycles. The zero-order chi connectivity index (χ0) is 13.1. The van der Waals surface area contributed by atoms with Crippen LogP contribution in [-0.4, -0.2) is 13.6 Å². The highest BCUT2D eigenvalue weighted by atomic mass is 14.8. The van der Waals surface area contributed by atoms with Crippen molar-refractivity contribution >= 4 is 0 Å². The van der Waals surface area contributed by atoms with Crippen LogP contribution in [0.5, 0.6) is 0 Å². The van der Waals surface area contributed by atoms with Crippen molar-refractivity contribution in [2.24, 2.45) is 0 Å². The molecule has 0 aromatic heterocycles. The first-order valence-electron chi connectivity index (χ1n) is 7.59. The van der Waals surface area contributed by atoms with Gasteiger partial charge >= 0.3 is 0 Å². The molecule has 0 aliphatic carbocycles. The second-order valence-corrected chi connectivity index (χ2v) is 5.19. The van der Waals surface area contributed by atoms with Crippen LogP contribution in [-0.2, 0) is 12.8 Å². The Morgan fingerprint density at radius 1 is 0.778 bits per heavy atom. The lowest BCUT2D eigenvalue weighted by molar-refractivity contribution is 0.616. The molecule has 0 radical (unpaired) electrons. The minimum Gasteiger partial charge on any atom is -0.320 e. The molecule has 1 nitrogen and oxygen atoms in total. The van der Waals surface area contributed by atoms with Gasteiger partial charge in [-0.2, -0.15) is 0 Å². The van der Waals surface area contributed by atoms with E-state index in [-0.39, 0.29) is 0 Å². The predicted octanol–water partition coefficient (Wildman–Crippen LogP) is 4.35. The van der Waals surface area contributed by atoms with Crippen molar-refractivity contribution in [3.05, 3.63) is 35.4 Å². The average Bonchev–Trinajstić information content (AvgIpc) is 2.42. The van der Waals surface area contributed by atoms with E-state index < -0.39 is 0 Å². The largest absolute Gasteiger partial charge is 0.320 e. The van der Waals surface area contributed by atoms with Crippen molar-refractivity contribution in [2.45, 2.75) is 58.3 Å². The Kier molecular flexibility index (Phi) is 8.58. The highest BCUT2D eigenvalue weighted by Gasteiger charge is 1.96. The van der Waals surface area contributed by atoms with E-state index in [9.17, 15) is 0 Å². The van der Waals surface area contributed by atoms with Crippen molar-refractivity contribution < 1.29 is 0 Å². The van der Waals surface area contributed by atoms with Crippen molar-refractivity contribution in [2.75, 3.05) is 13.6 Å². The van der Waals surface area contributed by atoms with Crippen LogP contribution in [0.25, 0.3) is 0 Å². The molecule has 1 aromatic rings. The molecular weight excluding hydrogens is 218 g/mol. The summed E-state index contributed by atoms with van der Waals surface area (Å²) in [6, 6.07) is 9.26. The first-order chi connectivity index (χ1) is 8.86. The van der Waals surface area contributed by atoms with E-state index in [1.165, 1.54) is 62.5 Å². The van der Waals surface area contributed by atoms with Crippen LogP contribution in [0.1, 0.15) is 56.6 Å². The zero-order valence-corrected chi connectivity index (χ0v) is 12.2. The van der Waals surface area contributed by atoms with E-state index in [0.29, 0.717) is 0 Å². The van der Waals surface area contributed by atoms with E-state index in [4.69, 9.17) is 0 Å². The summed E-state index contributed by atoms with van der Waals surface area (Å²) < 4.78 is 0. The topological polar surface area (TPSA) is 12.0 Å². The van der Waals surface area contributed by atoms with Crippen LogP contribution in [0.3, 0.4) is 0 Å². The van der Waals surface area contributed by atoms with E-state index in [1.54, 1.807) is 0 Å². The third-order valence-corrected chi connectivity index (χ3v) is 3.48. The van der Waals surface area contributed by atoms with Gasteiger partial charge in [-0.05, 0) is 56.8 Å². The van der Waals surface area contributed by atoms with Gasteiger partial charge in [0.1, 0.15) is 0 Å². The summed E-state index contributed by atoms with van der Waals surface area (Å²) in [5.74, 6) is 0. The van der Waals surface area contributed by atoms with Gasteiger partial charge < -0.3 is 5.32 Å². The second-order valence-electron chi connectivity index (χ2n) is 5.19. The molecule has 0 saturated carbocycles. The SMILES string of the molecule is CCCCc1ccc(CCCCCCNC)cc1. The number of aryl methyl sites for hydroxylation is 2. The highest BCUT2D eigenvalue weighted by Crippen LogP contribution is 2.11. The fourth-order valence-electron chi connectivity index (χ4n) is 2.24. The van der Waals surface area contributed by atoms with Gasteiger partial charge in [-0.1, -0.05) is 50.5 Å². The van der Waals surface area contributed by atoms with Gasteiger partial charge in [0, 0.05) is 0 Å². The van der Waals surface area contributed by atoms with Crippen molar-refractivity contribution in [1.82, 2.24) is 5.32 Å². The normalized spacial score (nSPS) is 10.8. The lowest BCUT2D eigenvalue weighted by Gasteiger charge is -2.04.